The number of rotatable bonds is 1. The Balaban J connectivity index is 2.19. The van der Waals surface area contributed by atoms with Crippen molar-refractivity contribution in [2.24, 2.45) is 5.41 Å². The second kappa shape index (κ2) is 2.73. The third-order valence-electron chi connectivity index (χ3n) is 3.03. The summed E-state index contributed by atoms with van der Waals surface area (Å²) in [5.41, 5.74) is 0.00926. The van der Waals surface area contributed by atoms with Crippen molar-refractivity contribution in [1.29, 1.82) is 0 Å². The van der Waals surface area contributed by atoms with Crippen molar-refractivity contribution in [1.82, 2.24) is 0 Å². The van der Waals surface area contributed by atoms with E-state index in [9.17, 15) is 4.79 Å². The number of hydrogen-bond acceptors (Lipinski definition) is 3. The molecule has 0 saturated carbocycles. The zero-order valence-electron chi connectivity index (χ0n) is 7.34. The van der Waals surface area contributed by atoms with Gasteiger partial charge in [0.25, 0.3) is 0 Å². The molecule has 0 aromatic carbocycles. The average molecular weight is 170 g/mol. The van der Waals surface area contributed by atoms with Crippen LogP contribution in [0.5, 0.6) is 0 Å². The summed E-state index contributed by atoms with van der Waals surface area (Å²) < 4.78 is 10.5. The summed E-state index contributed by atoms with van der Waals surface area (Å²) in [4.78, 5) is 11.1. The van der Waals surface area contributed by atoms with Gasteiger partial charge in [-0.05, 0) is 19.3 Å². The van der Waals surface area contributed by atoms with Gasteiger partial charge >= 0.3 is 5.97 Å². The van der Waals surface area contributed by atoms with Crippen LogP contribution in [0.25, 0.3) is 0 Å². The molecule has 0 bridgehead atoms. The molecule has 2 rings (SSSR count). The lowest BCUT2D eigenvalue weighted by atomic mass is 9.77. The molecule has 2 fully saturated rings. The Morgan fingerprint density at radius 3 is 3.17 bits per heavy atom. The Morgan fingerprint density at radius 2 is 2.50 bits per heavy atom. The predicted octanol–water partition coefficient (Wildman–Crippen LogP) is 1.47. The highest BCUT2D eigenvalue weighted by molar-refractivity contribution is 5.72. The summed E-state index contributed by atoms with van der Waals surface area (Å²) in [6.07, 6.45) is 3.40. The molecular weight excluding hydrogens is 156 g/mol. The smallest absolute Gasteiger partial charge is 0.308 e. The van der Waals surface area contributed by atoms with Crippen molar-refractivity contribution in [2.45, 2.75) is 38.9 Å². The number of ether oxygens (including phenoxy) is 2. The Morgan fingerprint density at radius 1 is 1.67 bits per heavy atom. The van der Waals surface area contributed by atoms with E-state index >= 15 is 0 Å². The zero-order chi connectivity index (χ0) is 8.60. The lowest BCUT2D eigenvalue weighted by molar-refractivity contribution is -0.193. The molecule has 12 heavy (non-hydrogen) atoms. The third-order valence-corrected chi connectivity index (χ3v) is 3.03. The largest absolute Gasteiger partial charge is 0.435 e. The summed E-state index contributed by atoms with van der Waals surface area (Å²) in [7, 11) is 0. The molecule has 0 aliphatic carbocycles. The first-order valence-electron chi connectivity index (χ1n) is 4.58. The fourth-order valence-corrected chi connectivity index (χ4v) is 2.16. The second-order valence-electron chi connectivity index (χ2n) is 3.69. The molecule has 0 amide bonds. The van der Waals surface area contributed by atoms with Gasteiger partial charge in [-0.15, -0.1) is 0 Å². The minimum absolute atomic E-state index is 0.00926. The average Bonchev–Trinajstić information content (AvgIpc) is 2.41. The summed E-state index contributed by atoms with van der Waals surface area (Å²) in [5, 5.41) is 0. The predicted molar refractivity (Wildman–Crippen MR) is 42.4 cm³/mol. The molecule has 0 spiro atoms. The third kappa shape index (κ3) is 1.04. The topological polar surface area (TPSA) is 35.5 Å². The van der Waals surface area contributed by atoms with Crippen molar-refractivity contribution in [2.75, 3.05) is 6.61 Å². The molecule has 2 aliphatic heterocycles. The Kier molecular flexibility index (Phi) is 1.83. The first-order valence-corrected chi connectivity index (χ1v) is 4.58. The fourth-order valence-electron chi connectivity index (χ4n) is 2.16. The molecule has 3 nitrogen and oxygen atoms in total. The fraction of sp³-hybridized carbons (Fsp3) is 0.889. The van der Waals surface area contributed by atoms with Gasteiger partial charge in [0.15, 0.2) is 0 Å². The maximum atomic E-state index is 11.1. The lowest BCUT2D eigenvalue weighted by Gasteiger charge is -2.35. The van der Waals surface area contributed by atoms with E-state index in [1.165, 1.54) is 0 Å². The molecule has 0 N–H and O–H groups in total. The molecular formula is C9H14O3. The summed E-state index contributed by atoms with van der Waals surface area (Å²) in [6, 6.07) is 0. The molecule has 1 unspecified atom stereocenters. The van der Waals surface area contributed by atoms with Crippen LogP contribution in [0.1, 0.15) is 32.6 Å². The molecule has 2 saturated heterocycles. The van der Waals surface area contributed by atoms with E-state index in [1.54, 1.807) is 0 Å². The minimum atomic E-state index is -0.247. The first kappa shape index (κ1) is 8.05. The lowest BCUT2D eigenvalue weighted by Crippen LogP contribution is -2.37. The molecule has 68 valence electrons. The van der Waals surface area contributed by atoms with Crippen LogP contribution in [0.15, 0.2) is 0 Å². The van der Waals surface area contributed by atoms with Crippen LogP contribution in [-0.4, -0.2) is 18.9 Å². The first-order chi connectivity index (χ1) is 5.77. The van der Waals surface area contributed by atoms with Gasteiger partial charge in [-0.2, -0.15) is 0 Å². The van der Waals surface area contributed by atoms with Crippen molar-refractivity contribution in [3.63, 3.8) is 0 Å². The van der Waals surface area contributed by atoms with E-state index in [-0.39, 0.29) is 17.7 Å². The van der Waals surface area contributed by atoms with E-state index in [2.05, 4.69) is 6.92 Å². The Hall–Kier alpha value is -0.570. The van der Waals surface area contributed by atoms with E-state index in [0.29, 0.717) is 6.42 Å². The van der Waals surface area contributed by atoms with E-state index < -0.39 is 0 Å². The van der Waals surface area contributed by atoms with Gasteiger partial charge in [0.05, 0.1) is 13.0 Å². The highest BCUT2D eigenvalue weighted by Gasteiger charge is 2.50. The van der Waals surface area contributed by atoms with Gasteiger partial charge < -0.3 is 9.47 Å². The van der Waals surface area contributed by atoms with Crippen LogP contribution >= 0.6 is 0 Å². The molecule has 0 radical (unpaired) electrons. The van der Waals surface area contributed by atoms with Crippen LogP contribution in [0.3, 0.4) is 0 Å². The van der Waals surface area contributed by atoms with Gasteiger partial charge in [0.2, 0.25) is 6.29 Å². The SMILES string of the molecule is CC[C@@]12CCCOC1OC(=O)C2. The molecule has 0 aromatic heterocycles. The maximum Gasteiger partial charge on any atom is 0.308 e. The highest BCUT2D eigenvalue weighted by Crippen LogP contribution is 2.45. The molecule has 3 heteroatoms. The normalized spacial score (nSPS) is 40.8. The van der Waals surface area contributed by atoms with Crippen molar-refractivity contribution >= 4 is 5.97 Å². The zero-order valence-corrected chi connectivity index (χ0v) is 7.34. The van der Waals surface area contributed by atoms with Crippen LogP contribution in [0.4, 0.5) is 0 Å². The van der Waals surface area contributed by atoms with Gasteiger partial charge in [-0.3, -0.25) is 4.79 Å². The van der Waals surface area contributed by atoms with Gasteiger partial charge in [-0.25, -0.2) is 0 Å². The number of carbonyl (C=O) groups excluding carboxylic acids is 1. The van der Waals surface area contributed by atoms with E-state index in [4.69, 9.17) is 9.47 Å². The van der Waals surface area contributed by atoms with Crippen LogP contribution < -0.4 is 0 Å². The second-order valence-corrected chi connectivity index (χ2v) is 3.69. The monoisotopic (exact) mass is 170 g/mol. The van der Waals surface area contributed by atoms with Gasteiger partial charge in [0, 0.05) is 5.41 Å². The number of fused-ring (bicyclic) bond motifs is 1. The van der Waals surface area contributed by atoms with Crippen LogP contribution in [0.2, 0.25) is 0 Å². The van der Waals surface area contributed by atoms with Crippen LogP contribution in [-0.2, 0) is 14.3 Å². The Labute approximate surface area is 72.0 Å². The van der Waals surface area contributed by atoms with E-state index in [1.807, 2.05) is 0 Å². The quantitative estimate of drug-likeness (QED) is 0.559. The minimum Gasteiger partial charge on any atom is -0.435 e. The molecule has 0 aromatic rings. The molecule has 2 heterocycles. The van der Waals surface area contributed by atoms with Gasteiger partial charge in [0.1, 0.15) is 0 Å². The highest BCUT2D eigenvalue weighted by atomic mass is 16.7. The van der Waals surface area contributed by atoms with Crippen molar-refractivity contribution in [3.05, 3.63) is 0 Å². The number of esters is 1. The van der Waals surface area contributed by atoms with Crippen LogP contribution in [0, 0.1) is 5.41 Å². The number of carbonyl (C=O) groups is 1. The maximum absolute atomic E-state index is 11.1. The molecule has 2 aliphatic rings. The Bertz CT molecular complexity index is 202. The van der Waals surface area contributed by atoms with Crippen molar-refractivity contribution < 1.29 is 14.3 Å². The standard InChI is InChI=1S/C9H14O3/c1-2-9-4-3-5-11-8(9)12-7(10)6-9/h8H,2-6H2,1H3/t8?,9-/m0/s1. The summed E-state index contributed by atoms with van der Waals surface area (Å²) >= 11 is 0. The summed E-state index contributed by atoms with van der Waals surface area (Å²) in [6.45, 7) is 2.84. The number of hydrogen-bond donors (Lipinski definition) is 0. The van der Waals surface area contributed by atoms with E-state index in [0.717, 1.165) is 25.9 Å². The summed E-state index contributed by atoms with van der Waals surface area (Å²) in [5.74, 6) is -0.0937. The molecule has 2 atom stereocenters. The van der Waals surface area contributed by atoms with Crippen molar-refractivity contribution in [3.8, 4) is 0 Å². The van der Waals surface area contributed by atoms with Gasteiger partial charge in [-0.1, -0.05) is 6.92 Å².